The van der Waals surface area contributed by atoms with E-state index in [4.69, 9.17) is 20.8 Å². The van der Waals surface area contributed by atoms with Gasteiger partial charge in [0.05, 0.1) is 27.9 Å². The van der Waals surface area contributed by atoms with Crippen molar-refractivity contribution in [2.75, 3.05) is 21.3 Å². The SMILES string of the molecule is [C-]#[N+]c1cc(OC)c(OC)c(OC)c1. The molecule has 74 valence electrons. The van der Waals surface area contributed by atoms with E-state index >= 15 is 0 Å². The van der Waals surface area contributed by atoms with Crippen LogP contribution in [0.5, 0.6) is 17.2 Å². The summed E-state index contributed by atoms with van der Waals surface area (Å²) in [5.74, 6) is 1.50. The highest BCUT2D eigenvalue weighted by molar-refractivity contribution is 5.62. The van der Waals surface area contributed by atoms with Crippen molar-refractivity contribution in [2.45, 2.75) is 0 Å². The Balaban J connectivity index is 3.33. The maximum Gasteiger partial charge on any atom is 0.200 e. The quantitative estimate of drug-likeness (QED) is 0.690. The van der Waals surface area contributed by atoms with Crippen molar-refractivity contribution in [1.29, 1.82) is 0 Å². The molecule has 4 heteroatoms. The first-order valence-corrected chi connectivity index (χ1v) is 3.94. The average Bonchev–Trinajstić information content (AvgIpc) is 2.26. The fraction of sp³-hybridized carbons (Fsp3) is 0.300. The van der Waals surface area contributed by atoms with Gasteiger partial charge in [-0.25, -0.2) is 4.85 Å². The van der Waals surface area contributed by atoms with Crippen molar-refractivity contribution in [3.63, 3.8) is 0 Å². The molecule has 0 fully saturated rings. The van der Waals surface area contributed by atoms with Crippen molar-refractivity contribution in [3.8, 4) is 17.2 Å². The molecule has 0 heterocycles. The number of benzene rings is 1. The van der Waals surface area contributed by atoms with Crippen LogP contribution in [0.1, 0.15) is 0 Å². The minimum absolute atomic E-state index is 0.458. The predicted octanol–water partition coefficient (Wildman–Crippen LogP) is 2.26. The third-order valence-corrected chi connectivity index (χ3v) is 1.78. The normalized spacial score (nSPS) is 9.00. The van der Waals surface area contributed by atoms with Gasteiger partial charge in [0.2, 0.25) is 5.75 Å². The van der Waals surface area contributed by atoms with E-state index < -0.39 is 0 Å². The number of methoxy groups -OCH3 is 3. The van der Waals surface area contributed by atoms with Gasteiger partial charge in [0.1, 0.15) is 0 Å². The zero-order chi connectivity index (χ0) is 10.6. The van der Waals surface area contributed by atoms with Gasteiger partial charge in [0, 0.05) is 0 Å². The van der Waals surface area contributed by atoms with E-state index in [2.05, 4.69) is 4.85 Å². The van der Waals surface area contributed by atoms with Crippen LogP contribution in [0, 0.1) is 6.57 Å². The molecule has 0 aliphatic carbocycles. The Morgan fingerprint density at radius 2 is 1.50 bits per heavy atom. The number of hydrogen-bond acceptors (Lipinski definition) is 3. The number of ether oxygens (including phenoxy) is 3. The summed E-state index contributed by atoms with van der Waals surface area (Å²) in [5.41, 5.74) is 0.458. The van der Waals surface area contributed by atoms with Crippen LogP contribution in [0.4, 0.5) is 5.69 Å². The van der Waals surface area contributed by atoms with Gasteiger partial charge < -0.3 is 14.2 Å². The second kappa shape index (κ2) is 4.38. The summed E-state index contributed by atoms with van der Waals surface area (Å²) >= 11 is 0. The van der Waals surface area contributed by atoms with Crippen molar-refractivity contribution in [1.82, 2.24) is 0 Å². The fourth-order valence-corrected chi connectivity index (χ4v) is 1.13. The maximum absolute atomic E-state index is 6.89. The molecule has 0 unspecified atom stereocenters. The largest absolute Gasteiger partial charge is 0.494 e. The average molecular weight is 193 g/mol. The zero-order valence-corrected chi connectivity index (χ0v) is 8.33. The molecule has 0 atom stereocenters. The van der Waals surface area contributed by atoms with Gasteiger partial charge in [-0.05, 0) is 12.1 Å². The Hall–Kier alpha value is -1.89. The highest BCUT2D eigenvalue weighted by Crippen LogP contribution is 2.40. The Morgan fingerprint density at radius 1 is 1.00 bits per heavy atom. The predicted molar refractivity (Wildman–Crippen MR) is 52.4 cm³/mol. The Kier molecular flexibility index (Phi) is 3.19. The smallest absolute Gasteiger partial charge is 0.200 e. The monoisotopic (exact) mass is 193 g/mol. The first-order valence-electron chi connectivity index (χ1n) is 3.94. The maximum atomic E-state index is 6.89. The second-order valence-corrected chi connectivity index (χ2v) is 2.50. The molecule has 0 saturated heterocycles. The first-order chi connectivity index (χ1) is 6.76. The van der Waals surface area contributed by atoms with E-state index in [9.17, 15) is 0 Å². The molecule has 0 N–H and O–H groups in total. The van der Waals surface area contributed by atoms with Crippen LogP contribution >= 0.6 is 0 Å². The third-order valence-electron chi connectivity index (χ3n) is 1.78. The Bertz CT molecular complexity index is 343. The van der Waals surface area contributed by atoms with E-state index in [-0.39, 0.29) is 0 Å². The summed E-state index contributed by atoms with van der Waals surface area (Å²) in [6.45, 7) is 6.89. The summed E-state index contributed by atoms with van der Waals surface area (Å²) in [7, 11) is 4.56. The summed E-state index contributed by atoms with van der Waals surface area (Å²) in [6.07, 6.45) is 0. The third kappa shape index (κ3) is 1.72. The van der Waals surface area contributed by atoms with Gasteiger partial charge in [-0.2, -0.15) is 0 Å². The lowest BCUT2D eigenvalue weighted by atomic mass is 10.2. The van der Waals surface area contributed by atoms with E-state index in [0.29, 0.717) is 22.9 Å². The minimum Gasteiger partial charge on any atom is -0.494 e. The van der Waals surface area contributed by atoms with E-state index in [1.54, 1.807) is 12.1 Å². The van der Waals surface area contributed by atoms with Gasteiger partial charge >= 0.3 is 0 Å². The highest BCUT2D eigenvalue weighted by atomic mass is 16.5. The number of nitrogens with zero attached hydrogens (tertiary/aromatic N) is 1. The summed E-state index contributed by atoms with van der Waals surface area (Å²) in [5, 5.41) is 0. The lowest BCUT2D eigenvalue weighted by molar-refractivity contribution is 0.325. The van der Waals surface area contributed by atoms with Crippen LogP contribution in [0.25, 0.3) is 4.85 Å². The first kappa shape index (κ1) is 10.2. The van der Waals surface area contributed by atoms with Crippen LogP contribution < -0.4 is 14.2 Å². The number of rotatable bonds is 3. The lowest BCUT2D eigenvalue weighted by Gasteiger charge is -2.11. The molecule has 0 spiro atoms. The molecule has 1 rings (SSSR count). The van der Waals surface area contributed by atoms with E-state index in [1.807, 2.05) is 0 Å². The minimum atomic E-state index is 0.458. The molecule has 0 radical (unpaired) electrons. The zero-order valence-electron chi connectivity index (χ0n) is 8.33. The van der Waals surface area contributed by atoms with Crippen molar-refractivity contribution in [2.24, 2.45) is 0 Å². The Morgan fingerprint density at radius 3 is 1.79 bits per heavy atom. The van der Waals surface area contributed by atoms with Crippen molar-refractivity contribution < 1.29 is 14.2 Å². The van der Waals surface area contributed by atoms with Gasteiger partial charge in [-0.1, -0.05) is 0 Å². The molecule has 0 aliphatic rings. The van der Waals surface area contributed by atoms with Gasteiger partial charge in [-0.15, -0.1) is 0 Å². The van der Waals surface area contributed by atoms with Gasteiger partial charge in [0.25, 0.3) is 0 Å². The van der Waals surface area contributed by atoms with E-state index in [0.717, 1.165) is 0 Å². The molecule has 1 aromatic rings. The summed E-state index contributed by atoms with van der Waals surface area (Å²) < 4.78 is 15.3. The summed E-state index contributed by atoms with van der Waals surface area (Å²) in [6, 6.07) is 3.21. The van der Waals surface area contributed by atoms with Crippen LogP contribution in [0.2, 0.25) is 0 Å². The molecule has 0 aliphatic heterocycles. The van der Waals surface area contributed by atoms with Crippen LogP contribution in [-0.4, -0.2) is 21.3 Å². The highest BCUT2D eigenvalue weighted by Gasteiger charge is 2.12. The molecule has 14 heavy (non-hydrogen) atoms. The number of hydrogen-bond donors (Lipinski definition) is 0. The molecule has 4 nitrogen and oxygen atoms in total. The molecule has 1 aromatic carbocycles. The fourth-order valence-electron chi connectivity index (χ4n) is 1.13. The standard InChI is InChI=1S/C10H11NO3/c1-11-7-5-8(12-2)10(14-4)9(6-7)13-3/h5-6H,2-4H3. The van der Waals surface area contributed by atoms with Crippen LogP contribution in [0.15, 0.2) is 12.1 Å². The molecule has 0 bridgehead atoms. The molecular weight excluding hydrogens is 182 g/mol. The summed E-state index contributed by atoms with van der Waals surface area (Å²) in [4.78, 5) is 3.30. The molecule has 0 saturated carbocycles. The molecular formula is C10H11NO3. The van der Waals surface area contributed by atoms with Crippen molar-refractivity contribution >= 4 is 5.69 Å². The van der Waals surface area contributed by atoms with Crippen LogP contribution in [-0.2, 0) is 0 Å². The topological polar surface area (TPSA) is 32.0 Å². The van der Waals surface area contributed by atoms with Gasteiger partial charge in [0.15, 0.2) is 17.2 Å². The van der Waals surface area contributed by atoms with Crippen molar-refractivity contribution in [3.05, 3.63) is 23.5 Å². The van der Waals surface area contributed by atoms with E-state index in [1.165, 1.54) is 21.3 Å². The van der Waals surface area contributed by atoms with Gasteiger partial charge in [-0.3, -0.25) is 0 Å². The Labute approximate surface area is 82.8 Å². The molecule has 0 aromatic heterocycles. The second-order valence-electron chi connectivity index (χ2n) is 2.50. The van der Waals surface area contributed by atoms with Crippen LogP contribution in [0.3, 0.4) is 0 Å². The lowest BCUT2D eigenvalue weighted by Crippen LogP contribution is -1.94. The molecule has 0 amide bonds.